The molecule has 26 heavy (non-hydrogen) atoms. The molecule has 7 nitrogen and oxygen atoms in total. The minimum atomic E-state index is -3.07. The Bertz CT molecular complexity index is 902. The van der Waals surface area contributed by atoms with Crippen LogP contribution in [0.4, 0.5) is 10.3 Å². The highest BCUT2D eigenvalue weighted by Crippen LogP contribution is 2.18. The van der Waals surface area contributed by atoms with E-state index in [-0.39, 0.29) is 47.3 Å². The van der Waals surface area contributed by atoms with Crippen LogP contribution in [0.3, 0.4) is 0 Å². The quantitative estimate of drug-likeness (QED) is 0.847. The van der Waals surface area contributed by atoms with Crippen LogP contribution in [0, 0.1) is 5.82 Å². The summed E-state index contributed by atoms with van der Waals surface area (Å²) in [6, 6.07) is 6.05. The van der Waals surface area contributed by atoms with Crippen LogP contribution >= 0.6 is 0 Å². The van der Waals surface area contributed by atoms with E-state index in [1.807, 2.05) is 0 Å². The van der Waals surface area contributed by atoms with Gasteiger partial charge in [0.1, 0.15) is 5.82 Å². The Balaban J connectivity index is 1.62. The second-order valence-electron chi connectivity index (χ2n) is 6.21. The Kier molecular flexibility index (Phi) is 5.17. The fourth-order valence-corrected chi connectivity index (χ4v) is 4.57. The maximum Gasteiger partial charge on any atom is 0.257 e. The van der Waals surface area contributed by atoms with Crippen molar-refractivity contribution in [3.05, 3.63) is 53.6 Å². The lowest BCUT2D eigenvalue weighted by molar-refractivity contribution is 0.0747. The third-order valence-corrected chi connectivity index (χ3v) is 6.12. The molecule has 1 N–H and O–H groups in total. The summed E-state index contributed by atoms with van der Waals surface area (Å²) >= 11 is 0. The van der Waals surface area contributed by atoms with E-state index in [9.17, 15) is 17.6 Å². The predicted octanol–water partition coefficient (Wildman–Crippen LogP) is 1.49. The molecule has 1 saturated heterocycles. The summed E-state index contributed by atoms with van der Waals surface area (Å²) in [4.78, 5) is 22.0. The zero-order valence-electron chi connectivity index (χ0n) is 14.2. The number of sulfone groups is 1. The Morgan fingerprint density at radius 2 is 2.00 bits per heavy atom. The highest BCUT2D eigenvalue weighted by Gasteiger charge is 2.33. The number of carbonyl (C=O) groups is 1. The van der Waals surface area contributed by atoms with Crippen molar-refractivity contribution in [2.75, 3.05) is 23.9 Å². The van der Waals surface area contributed by atoms with Crippen molar-refractivity contribution in [2.24, 2.45) is 0 Å². The summed E-state index contributed by atoms with van der Waals surface area (Å²) in [7, 11) is -1.48. The van der Waals surface area contributed by atoms with Crippen molar-refractivity contribution in [1.82, 2.24) is 14.9 Å². The average Bonchev–Trinajstić information content (AvgIpc) is 3.00. The van der Waals surface area contributed by atoms with E-state index in [1.54, 1.807) is 25.2 Å². The maximum atomic E-state index is 13.6. The van der Waals surface area contributed by atoms with Gasteiger partial charge >= 0.3 is 0 Å². The lowest BCUT2D eigenvalue weighted by Gasteiger charge is -2.23. The Hall–Kier alpha value is -2.55. The molecule has 1 aromatic carbocycles. The van der Waals surface area contributed by atoms with Crippen LogP contribution in [-0.2, 0) is 16.4 Å². The molecule has 9 heteroatoms. The van der Waals surface area contributed by atoms with Crippen molar-refractivity contribution < 1.29 is 17.6 Å². The summed E-state index contributed by atoms with van der Waals surface area (Å²) in [6.07, 6.45) is 3.19. The fraction of sp³-hybridized carbons (Fsp3) is 0.353. The van der Waals surface area contributed by atoms with Crippen LogP contribution in [0.1, 0.15) is 22.3 Å². The minimum absolute atomic E-state index is 0.0155. The molecule has 1 atom stereocenters. The number of hydrogen-bond acceptors (Lipinski definition) is 6. The third kappa shape index (κ3) is 4.16. The number of halogens is 1. The third-order valence-electron chi connectivity index (χ3n) is 4.37. The van der Waals surface area contributed by atoms with Gasteiger partial charge in [0.05, 0.1) is 17.1 Å². The van der Waals surface area contributed by atoms with Gasteiger partial charge < -0.3 is 10.2 Å². The molecular weight excluding hydrogens is 359 g/mol. The number of rotatable bonds is 5. The summed E-state index contributed by atoms with van der Waals surface area (Å²) in [5.74, 6) is -0.285. The van der Waals surface area contributed by atoms with Gasteiger partial charge in [-0.15, -0.1) is 0 Å². The van der Waals surface area contributed by atoms with Gasteiger partial charge in [-0.1, -0.05) is 18.2 Å². The molecule has 3 rings (SSSR count). The normalized spacial score (nSPS) is 18.5. The van der Waals surface area contributed by atoms with Crippen molar-refractivity contribution in [3.63, 3.8) is 0 Å². The zero-order chi connectivity index (χ0) is 18.7. The number of nitrogens with one attached hydrogen (secondary N) is 1. The van der Waals surface area contributed by atoms with Gasteiger partial charge in [-0.3, -0.25) is 4.79 Å². The van der Waals surface area contributed by atoms with Crippen molar-refractivity contribution in [3.8, 4) is 0 Å². The molecule has 138 valence electrons. The number of aromatic nitrogens is 2. The summed E-state index contributed by atoms with van der Waals surface area (Å²) in [5.41, 5.74) is 0.756. The van der Waals surface area contributed by atoms with Gasteiger partial charge in [0.2, 0.25) is 5.95 Å². The first-order chi connectivity index (χ1) is 12.4. The summed E-state index contributed by atoms with van der Waals surface area (Å²) in [6.45, 7) is 0.222. The van der Waals surface area contributed by atoms with E-state index in [0.29, 0.717) is 12.0 Å². The molecule has 1 unspecified atom stereocenters. The number of nitrogens with zero attached hydrogens (tertiary/aromatic N) is 3. The summed E-state index contributed by atoms with van der Waals surface area (Å²) < 4.78 is 36.7. The molecule has 0 saturated carbocycles. The monoisotopic (exact) mass is 378 g/mol. The van der Waals surface area contributed by atoms with Crippen LogP contribution in [-0.4, -0.2) is 53.8 Å². The first kappa shape index (κ1) is 18.2. The molecule has 0 aliphatic carbocycles. The molecular formula is C17H19FN4O3S. The van der Waals surface area contributed by atoms with Crippen molar-refractivity contribution in [1.29, 1.82) is 0 Å². The number of amides is 1. The smallest absolute Gasteiger partial charge is 0.257 e. The number of benzene rings is 1. The van der Waals surface area contributed by atoms with E-state index in [2.05, 4.69) is 15.3 Å². The second kappa shape index (κ2) is 7.36. The molecule has 2 aromatic rings. The Labute approximate surface area is 151 Å². The SMILES string of the molecule is CN(C(=O)c1cnc(NCc2ccccc2F)nc1)C1CCS(=O)(=O)C1. The first-order valence-electron chi connectivity index (χ1n) is 8.12. The lowest BCUT2D eigenvalue weighted by atomic mass is 10.2. The zero-order valence-corrected chi connectivity index (χ0v) is 15.0. The Morgan fingerprint density at radius 3 is 2.62 bits per heavy atom. The van der Waals surface area contributed by atoms with Crippen LogP contribution in [0.25, 0.3) is 0 Å². The van der Waals surface area contributed by atoms with Crippen LogP contribution in [0.2, 0.25) is 0 Å². The van der Waals surface area contributed by atoms with Crippen LogP contribution < -0.4 is 5.32 Å². The minimum Gasteiger partial charge on any atom is -0.350 e. The van der Waals surface area contributed by atoms with E-state index in [0.717, 1.165) is 0 Å². The van der Waals surface area contributed by atoms with Gasteiger partial charge in [-0.25, -0.2) is 22.8 Å². The van der Waals surface area contributed by atoms with Crippen LogP contribution in [0.5, 0.6) is 0 Å². The van der Waals surface area contributed by atoms with E-state index in [4.69, 9.17) is 0 Å². The van der Waals surface area contributed by atoms with Gasteiger partial charge in [-0.05, 0) is 12.5 Å². The first-order valence-corrected chi connectivity index (χ1v) is 9.95. The largest absolute Gasteiger partial charge is 0.350 e. The molecule has 0 radical (unpaired) electrons. The van der Waals surface area contributed by atoms with Gasteiger partial charge in [0.15, 0.2) is 9.84 Å². The van der Waals surface area contributed by atoms with Gasteiger partial charge in [0.25, 0.3) is 5.91 Å². The topological polar surface area (TPSA) is 92.3 Å². The number of carbonyl (C=O) groups excluding carboxylic acids is 1. The van der Waals surface area contributed by atoms with E-state index in [1.165, 1.54) is 23.4 Å². The molecule has 1 aliphatic heterocycles. The fourth-order valence-electron chi connectivity index (χ4n) is 2.80. The highest BCUT2D eigenvalue weighted by molar-refractivity contribution is 7.91. The molecule has 0 spiro atoms. The number of anilines is 1. The van der Waals surface area contributed by atoms with Gasteiger partial charge in [0, 0.05) is 37.6 Å². The molecule has 0 bridgehead atoms. The van der Waals surface area contributed by atoms with Crippen molar-refractivity contribution in [2.45, 2.75) is 19.0 Å². The average molecular weight is 378 g/mol. The molecule has 1 fully saturated rings. The van der Waals surface area contributed by atoms with Crippen LogP contribution in [0.15, 0.2) is 36.7 Å². The molecule has 2 heterocycles. The number of hydrogen-bond donors (Lipinski definition) is 1. The molecule has 1 aliphatic rings. The van der Waals surface area contributed by atoms with Gasteiger partial charge in [-0.2, -0.15) is 0 Å². The van der Waals surface area contributed by atoms with Crippen molar-refractivity contribution >= 4 is 21.7 Å². The highest BCUT2D eigenvalue weighted by atomic mass is 32.2. The second-order valence-corrected chi connectivity index (χ2v) is 8.44. The molecule has 1 aromatic heterocycles. The standard InChI is InChI=1S/C17H19FN4O3S/c1-22(14-6-7-26(24,25)11-14)16(23)13-9-20-17(21-10-13)19-8-12-4-2-3-5-15(12)18/h2-5,9-10,14H,6-8,11H2,1H3,(H,19,20,21). The Morgan fingerprint density at radius 1 is 1.31 bits per heavy atom. The van der Waals surface area contributed by atoms with E-state index >= 15 is 0 Å². The predicted molar refractivity (Wildman–Crippen MR) is 94.9 cm³/mol. The lowest BCUT2D eigenvalue weighted by Crippen LogP contribution is -2.37. The van der Waals surface area contributed by atoms with E-state index < -0.39 is 9.84 Å². The maximum absolute atomic E-state index is 13.6. The summed E-state index contributed by atoms with van der Waals surface area (Å²) in [5, 5.41) is 2.90. The molecule has 1 amide bonds.